The van der Waals surface area contributed by atoms with Crippen molar-refractivity contribution in [1.29, 1.82) is 0 Å². The van der Waals surface area contributed by atoms with Crippen molar-refractivity contribution < 1.29 is 4.74 Å². The number of nitrogens with zero attached hydrogens (tertiary/aromatic N) is 3. The molecule has 6 nitrogen and oxygen atoms in total. The number of hydrogen-bond donors (Lipinski definition) is 2. The summed E-state index contributed by atoms with van der Waals surface area (Å²) in [6.45, 7) is 2.82. The summed E-state index contributed by atoms with van der Waals surface area (Å²) in [7, 11) is 0. The molecule has 3 heterocycles. The first kappa shape index (κ1) is 17.3. The summed E-state index contributed by atoms with van der Waals surface area (Å²) in [5.74, 6) is 0.973. The Balaban J connectivity index is 1.33. The molecule has 0 amide bonds. The highest BCUT2D eigenvalue weighted by Gasteiger charge is 2.32. The SMILES string of the molecule is NC1(COCc2ccc(Cl)cc2)CCN(c2ncnc3[nH]ccc23)CC1. The third kappa shape index (κ3) is 3.67. The van der Waals surface area contributed by atoms with Crippen molar-refractivity contribution in [3.05, 3.63) is 53.4 Å². The van der Waals surface area contributed by atoms with Crippen LogP contribution in [0.2, 0.25) is 5.02 Å². The molecular formula is C19H22ClN5O. The number of halogens is 1. The highest BCUT2D eigenvalue weighted by Crippen LogP contribution is 2.28. The van der Waals surface area contributed by atoms with E-state index in [0.717, 1.165) is 53.4 Å². The van der Waals surface area contributed by atoms with Crippen molar-refractivity contribution in [1.82, 2.24) is 15.0 Å². The summed E-state index contributed by atoms with van der Waals surface area (Å²) in [6.07, 6.45) is 5.23. The van der Waals surface area contributed by atoms with Gasteiger partial charge in [-0.15, -0.1) is 0 Å². The quantitative estimate of drug-likeness (QED) is 0.720. The minimum Gasteiger partial charge on any atom is -0.375 e. The van der Waals surface area contributed by atoms with Crippen molar-refractivity contribution in [2.45, 2.75) is 25.0 Å². The van der Waals surface area contributed by atoms with Crippen LogP contribution in [-0.2, 0) is 11.3 Å². The van der Waals surface area contributed by atoms with E-state index in [2.05, 4.69) is 19.9 Å². The molecular weight excluding hydrogens is 350 g/mol. The first-order chi connectivity index (χ1) is 12.6. The maximum absolute atomic E-state index is 6.57. The molecule has 0 atom stereocenters. The predicted molar refractivity (Wildman–Crippen MR) is 103 cm³/mol. The van der Waals surface area contributed by atoms with E-state index in [0.29, 0.717) is 13.2 Å². The van der Waals surface area contributed by atoms with E-state index in [1.165, 1.54) is 0 Å². The number of nitrogens with two attached hydrogens (primary N) is 1. The lowest BCUT2D eigenvalue weighted by Crippen LogP contribution is -2.53. The predicted octanol–water partition coefficient (Wildman–Crippen LogP) is 3.13. The Morgan fingerprint density at radius 1 is 1.15 bits per heavy atom. The summed E-state index contributed by atoms with van der Waals surface area (Å²) in [5.41, 5.74) is 8.24. The van der Waals surface area contributed by atoms with Gasteiger partial charge in [-0.3, -0.25) is 0 Å². The second-order valence-corrected chi connectivity index (χ2v) is 7.34. The molecule has 4 rings (SSSR count). The monoisotopic (exact) mass is 371 g/mol. The third-order valence-corrected chi connectivity index (χ3v) is 5.22. The fourth-order valence-corrected chi connectivity index (χ4v) is 3.50. The number of nitrogens with one attached hydrogen (secondary N) is 1. The van der Waals surface area contributed by atoms with Crippen LogP contribution in [-0.4, -0.2) is 40.2 Å². The average molecular weight is 372 g/mol. The Morgan fingerprint density at radius 3 is 2.69 bits per heavy atom. The largest absolute Gasteiger partial charge is 0.375 e. The lowest BCUT2D eigenvalue weighted by molar-refractivity contribution is 0.0629. The standard InChI is InChI=1S/C19H22ClN5O/c20-15-3-1-14(2-4-15)11-26-12-19(21)6-9-25(10-7-19)18-16-5-8-22-17(16)23-13-24-18/h1-5,8,13H,6-7,9-12,21H2,(H,22,23,24). The molecule has 3 N–H and O–H groups in total. The Kier molecular flexibility index (Phi) is 4.80. The molecule has 136 valence electrons. The molecule has 0 unspecified atom stereocenters. The number of aromatic amines is 1. The van der Waals surface area contributed by atoms with Gasteiger partial charge in [-0.25, -0.2) is 9.97 Å². The first-order valence-electron chi connectivity index (χ1n) is 8.77. The maximum Gasteiger partial charge on any atom is 0.142 e. The summed E-state index contributed by atoms with van der Waals surface area (Å²) >= 11 is 5.91. The molecule has 0 saturated carbocycles. The van der Waals surface area contributed by atoms with Gasteiger partial charge < -0.3 is 20.4 Å². The van der Waals surface area contributed by atoms with Gasteiger partial charge in [0.1, 0.15) is 17.8 Å². The molecule has 1 aromatic carbocycles. The third-order valence-electron chi connectivity index (χ3n) is 4.96. The summed E-state index contributed by atoms with van der Waals surface area (Å²) in [6, 6.07) is 9.72. The Morgan fingerprint density at radius 2 is 1.92 bits per heavy atom. The van der Waals surface area contributed by atoms with E-state index in [4.69, 9.17) is 22.1 Å². The molecule has 0 radical (unpaired) electrons. The van der Waals surface area contributed by atoms with Crippen molar-refractivity contribution >= 4 is 28.5 Å². The zero-order valence-electron chi connectivity index (χ0n) is 14.5. The molecule has 1 saturated heterocycles. The Hall–Kier alpha value is -2.15. The Bertz CT molecular complexity index is 871. The molecule has 7 heteroatoms. The van der Waals surface area contributed by atoms with Gasteiger partial charge in [0.05, 0.1) is 18.6 Å². The van der Waals surface area contributed by atoms with Crippen LogP contribution in [0.5, 0.6) is 0 Å². The van der Waals surface area contributed by atoms with Gasteiger partial charge in [-0.1, -0.05) is 23.7 Å². The van der Waals surface area contributed by atoms with Crippen LogP contribution >= 0.6 is 11.6 Å². The number of aromatic nitrogens is 3. The number of piperidine rings is 1. The van der Waals surface area contributed by atoms with Gasteiger partial charge in [0.15, 0.2) is 0 Å². The fourth-order valence-electron chi connectivity index (χ4n) is 3.37. The average Bonchev–Trinajstić information content (AvgIpc) is 3.13. The second-order valence-electron chi connectivity index (χ2n) is 6.91. The van der Waals surface area contributed by atoms with Crippen molar-refractivity contribution in [3.8, 4) is 0 Å². The molecule has 2 aromatic heterocycles. The van der Waals surface area contributed by atoms with Gasteiger partial charge in [-0.2, -0.15) is 0 Å². The van der Waals surface area contributed by atoms with Crippen LogP contribution in [0.25, 0.3) is 11.0 Å². The molecule has 0 aliphatic carbocycles. The van der Waals surface area contributed by atoms with Crippen LogP contribution in [0.3, 0.4) is 0 Å². The molecule has 1 fully saturated rings. The number of rotatable bonds is 5. The number of anilines is 1. The highest BCUT2D eigenvalue weighted by atomic mass is 35.5. The zero-order chi connectivity index (χ0) is 18.0. The van der Waals surface area contributed by atoms with E-state index in [1.807, 2.05) is 36.5 Å². The Labute approximate surface area is 157 Å². The highest BCUT2D eigenvalue weighted by molar-refractivity contribution is 6.30. The van der Waals surface area contributed by atoms with Crippen molar-refractivity contribution in [2.24, 2.45) is 5.73 Å². The molecule has 26 heavy (non-hydrogen) atoms. The maximum atomic E-state index is 6.57. The number of benzene rings is 1. The van der Waals surface area contributed by atoms with Crippen molar-refractivity contribution in [2.75, 3.05) is 24.6 Å². The number of hydrogen-bond acceptors (Lipinski definition) is 5. The zero-order valence-corrected chi connectivity index (χ0v) is 15.2. The first-order valence-corrected chi connectivity index (χ1v) is 9.15. The van der Waals surface area contributed by atoms with Crippen LogP contribution in [0.4, 0.5) is 5.82 Å². The van der Waals surface area contributed by atoms with E-state index in [1.54, 1.807) is 6.33 Å². The molecule has 0 spiro atoms. The smallest absolute Gasteiger partial charge is 0.142 e. The second kappa shape index (κ2) is 7.23. The van der Waals surface area contributed by atoms with Gasteiger partial charge in [0, 0.05) is 29.8 Å². The van der Waals surface area contributed by atoms with Crippen LogP contribution in [0.15, 0.2) is 42.9 Å². The molecule has 1 aliphatic rings. The lowest BCUT2D eigenvalue weighted by Gasteiger charge is -2.39. The van der Waals surface area contributed by atoms with E-state index in [-0.39, 0.29) is 5.54 Å². The van der Waals surface area contributed by atoms with Crippen LogP contribution < -0.4 is 10.6 Å². The van der Waals surface area contributed by atoms with Gasteiger partial charge in [0.25, 0.3) is 0 Å². The fraction of sp³-hybridized carbons (Fsp3) is 0.368. The summed E-state index contributed by atoms with van der Waals surface area (Å²) in [4.78, 5) is 14.1. The van der Waals surface area contributed by atoms with Crippen LogP contribution in [0.1, 0.15) is 18.4 Å². The van der Waals surface area contributed by atoms with Crippen molar-refractivity contribution in [3.63, 3.8) is 0 Å². The van der Waals surface area contributed by atoms with Crippen LogP contribution in [0, 0.1) is 0 Å². The number of fused-ring (bicyclic) bond motifs is 1. The number of H-pyrrole nitrogens is 1. The topological polar surface area (TPSA) is 80.1 Å². The van der Waals surface area contributed by atoms with E-state index in [9.17, 15) is 0 Å². The molecule has 1 aliphatic heterocycles. The summed E-state index contributed by atoms with van der Waals surface area (Å²) in [5, 5.41) is 1.79. The normalized spacial score (nSPS) is 16.9. The van der Waals surface area contributed by atoms with E-state index < -0.39 is 0 Å². The summed E-state index contributed by atoms with van der Waals surface area (Å²) < 4.78 is 5.88. The minimum absolute atomic E-state index is 0.298. The van der Waals surface area contributed by atoms with Gasteiger partial charge in [-0.05, 0) is 36.6 Å². The van der Waals surface area contributed by atoms with Gasteiger partial charge >= 0.3 is 0 Å². The van der Waals surface area contributed by atoms with E-state index >= 15 is 0 Å². The number of ether oxygens (including phenoxy) is 1. The molecule has 0 bridgehead atoms. The minimum atomic E-state index is -0.298. The van der Waals surface area contributed by atoms with Gasteiger partial charge in [0.2, 0.25) is 0 Å². The lowest BCUT2D eigenvalue weighted by atomic mass is 9.89. The molecule has 3 aromatic rings.